The first kappa shape index (κ1) is 33.2. The molecule has 8 bridgehead atoms. The number of anilines is 4. The van der Waals surface area contributed by atoms with Crippen LogP contribution in [0.1, 0.15) is 34.8 Å². The fourth-order valence-corrected chi connectivity index (χ4v) is 6.85. The number of aryl methyl sites for hydroxylation is 1. The number of alkyl halides is 3. The molecule has 0 spiro atoms. The Kier molecular flexibility index (Phi) is 9.87. The number of methoxy groups -OCH3 is 1. The van der Waals surface area contributed by atoms with Crippen molar-refractivity contribution in [2.24, 2.45) is 0 Å². The maximum Gasteiger partial charge on any atom is 0.421 e. The molecule has 4 aromatic rings. The van der Waals surface area contributed by atoms with Gasteiger partial charge in [-0.05, 0) is 37.1 Å². The SMILES string of the molecule is CCOP1(=O)Cc2ccc(c(OC)c2)Nc2ncc(C(F)(F)F)c(n2)Nc2ccc(c(Cl)c2C(=O)NC)-c2cnn(c2)CCCO1. The molecule has 4 aliphatic rings. The summed E-state index contributed by atoms with van der Waals surface area (Å²) in [5.74, 6) is -1.19. The van der Waals surface area contributed by atoms with Crippen molar-refractivity contribution in [3.8, 4) is 16.9 Å². The summed E-state index contributed by atoms with van der Waals surface area (Å²) in [7, 11) is -0.783. The van der Waals surface area contributed by atoms with Gasteiger partial charge in [-0.2, -0.15) is 23.3 Å². The zero-order valence-electron chi connectivity index (χ0n) is 24.9. The summed E-state index contributed by atoms with van der Waals surface area (Å²) >= 11 is 6.73. The van der Waals surface area contributed by atoms with Crippen LogP contribution >= 0.6 is 19.2 Å². The van der Waals surface area contributed by atoms with E-state index in [2.05, 4.69) is 31.0 Å². The third-order valence-corrected chi connectivity index (χ3v) is 9.29. The first-order chi connectivity index (χ1) is 21.9. The molecule has 1 atom stereocenters. The molecule has 17 heteroatoms. The van der Waals surface area contributed by atoms with Gasteiger partial charge in [0.1, 0.15) is 17.1 Å². The number of ether oxygens (including phenoxy) is 1. The van der Waals surface area contributed by atoms with E-state index >= 15 is 0 Å². The average molecular weight is 680 g/mol. The normalized spacial score (nSPS) is 16.9. The number of nitrogens with one attached hydrogen (secondary N) is 3. The molecule has 6 heterocycles. The van der Waals surface area contributed by atoms with Gasteiger partial charge in [0.15, 0.2) is 0 Å². The van der Waals surface area contributed by atoms with Gasteiger partial charge >= 0.3 is 13.8 Å². The van der Waals surface area contributed by atoms with E-state index in [1.807, 2.05) is 0 Å². The van der Waals surface area contributed by atoms with E-state index in [0.29, 0.717) is 41.5 Å². The van der Waals surface area contributed by atoms with Crippen molar-refractivity contribution in [1.29, 1.82) is 0 Å². The van der Waals surface area contributed by atoms with Crippen molar-refractivity contribution < 1.29 is 36.3 Å². The predicted octanol–water partition coefficient (Wildman–Crippen LogP) is 7.02. The van der Waals surface area contributed by atoms with Crippen LogP contribution in [-0.2, 0) is 32.5 Å². The van der Waals surface area contributed by atoms with Crippen molar-refractivity contribution in [3.05, 3.63) is 70.6 Å². The number of hydrogen-bond acceptors (Lipinski definition) is 10. The van der Waals surface area contributed by atoms with E-state index in [4.69, 9.17) is 25.4 Å². The minimum atomic E-state index is -4.84. The number of carbonyl (C=O) groups excluding carboxylic acids is 1. The Morgan fingerprint density at radius 2 is 1.98 bits per heavy atom. The molecule has 0 saturated heterocycles. The Morgan fingerprint density at radius 1 is 1.20 bits per heavy atom. The molecule has 1 amide bonds. The molecular formula is C29H30ClF3N7O5P. The zero-order valence-corrected chi connectivity index (χ0v) is 26.6. The summed E-state index contributed by atoms with van der Waals surface area (Å²) in [5, 5.41) is 12.3. The molecule has 46 heavy (non-hydrogen) atoms. The van der Waals surface area contributed by atoms with Crippen LogP contribution in [-0.4, -0.2) is 53.0 Å². The molecule has 0 radical (unpaired) electrons. The number of halogens is 4. The Bertz CT molecular complexity index is 1800. The van der Waals surface area contributed by atoms with E-state index in [1.54, 1.807) is 48.3 Å². The van der Waals surface area contributed by atoms with Crippen molar-refractivity contribution in [2.75, 3.05) is 38.0 Å². The van der Waals surface area contributed by atoms with Crippen LogP contribution in [0.15, 0.2) is 48.9 Å². The number of amides is 1. The van der Waals surface area contributed by atoms with Crippen LogP contribution in [0.25, 0.3) is 11.1 Å². The molecule has 0 fully saturated rings. The largest absolute Gasteiger partial charge is 0.495 e. The van der Waals surface area contributed by atoms with Crippen molar-refractivity contribution in [2.45, 2.75) is 32.2 Å². The van der Waals surface area contributed by atoms with Crippen LogP contribution in [0, 0.1) is 0 Å². The lowest BCUT2D eigenvalue weighted by Crippen LogP contribution is -2.21. The quantitative estimate of drug-likeness (QED) is 0.193. The summed E-state index contributed by atoms with van der Waals surface area (Å²) in [6.07, 6.45) is -0.567. The highest BCUT2D eigenvalue weighted by molar-refractivity contribution is 7.53. The highest BCUT2D eigenvalue weighted by Gasteiger charge is 2.36. The van der Waals surface area contributed by atoms with E-state index in [1.165, 1.54) is 20.2 Å². The molecular weight excluding hydrogens is 650 g/mol. The standard InChI is InChI=1S/C29H30ClF3N7O5P/c1-4-44-46(42)16-17-6-8-21(23(12-17)43-3)38-28-35-14-20(29(31,32)33)26(39-28)37-22-9-7-19(25(30)24(22)27(41)34-2)18-13-36-40(15-18)10-5-11-45-46/h6-9,12-15H,4-5,10-11,16H2,1-3H3,(H,34,41)(H2,35,37,38,39). The molecule has 4 aliphatic heterocycles. The van der Waals surface area contributed by atoms with Crippen LogP contribution in [0.2, 0.25) is 5.02 Å². The summed E-state index contributed by atoms with van der Waals surface area (Å²) in [6, 6.07) is 7.84. The Morgan fingerprint density at radius 3 is 2.70 bits per heavy atom. The van der Waals surface area contributed by atoms with E-state index in [-0.39, 0.29) is 47.3 Å². The molecule has 8 rings (SSSR count). The second kappa shape index (κ2) is 13.7. The van der Waals surface area contributed by atoms with Crippen molar-refractivity contribution in [1.82, 2.24) is 25.1 Å². The highest BCUT2D eigenvalue weighted by atomic mass is 35.5. The van der Waals surface area contributed by atoms with Crippen LogP contribution in [0.4, 0.5) is 36.3 Å². The van der Waals surface area contributed by atoms with E-state index in [0.717, 1.165) is 0 Å². The van der Waals surface area contributed by atoms with Gasteiger partial charge < -0.3 is 29.7 Å². The summed E-state index contributed by atoms with van der Waals surface area (Å²) in [4.78, 5) is 21.0. The minimum absolute atomic E-state index is 0.0159. The third kappa shape index (κ3) is 7.28. The minimum Gasteiger partial charge on any atom is -0.495 e. The molecule has 244 valence electrons. The number of carbonyl (C=O) groups is 1. The topological polar surface area (TPSA) is 142 Å². The van der Waals surface area contributed by atoms with Crippen LogP contribution < -0.4 is 20.7 Å². The molecule has 0 saturated carbocycles. The summed E-state index contributed by atoms with van der Waals surface area (Å²) in [5.41, 5.74) is 0.591. The van der Waals surface area contributed by atoms with Crippen LogP contribution in [0.3, 0.4) is 0 Å². The predicted molar refractivity (Wildman–Crippen MR) is 166 cm³/mol. The number of benzene rings is 2. The molecule has 2 aromatic heterocycles. The van der Waals surface area contributed by atoms with Crippen molar-refractivity contribution in [3.63, 3.8) is 0 Å². The lowest BCUT2D eigenvalue weighted by molar-refractivity contribution is -0.137. The Labute approximate surface area is 267 Å². The molecule has 1 unspecified atom stereocenters. The smallest absolute Gasteiger partial charge is 0.421 e. The fourth-order valence-electron chi connectivity index (χ4n) is 4.78. The van der Waals surface area contributed by atoms with Gasteiger partial charge in [0, 0.05) is 37.1 Å². The van der Waals surface area contributed by atoms with Gasteiger partial charge in [0.05, 0.1) is 54.6 Å². The summed E-state index contributed by atoms with van der Waals surface area (Å²) < 4.78 is 74.3. The van der Waals surface area contributed by atoms with Gasteiger partial charge in [-0.15, -0.1) is 0 Å². The maximum atomic E-state index is 14.1. The van der Waals surface area contributed by atoms with Gasteiger partial charge in [-0.3, -0.25) is 14.0 Å². The number of hydrogen-bond donors (Lipinski definition) is 3. The van der Waals surface area contributed by atoms with Gasteiger partial charge in [-0.1, -0.05) is 23.7 Å². The highest BCUT2D eigenvalue weighted by Crippen LogP contribution is 2.52. The molecule has 0 aliphatic carbocycles. The number of nitrogens with zero attached hydrogens (tertiary/aromatic N) is 4. The van der Waals surface area contributed by atoms with Gasteiger partial charge in [-0.25, -0.2) is 4.98 Å². The first-order valence-electron chi connectivity index (χ1n) is 14.1. The van der Waals surface area contributed by atoms with Crippen molar-refractivity contribution >= 4 is 48.2 Å². The summed E-state index contributed by atoms with van der Waals surface area (Å²) in [6.45, 7) is 2.40. The first-order valence-corrected chi connectivity index (χ1v) is 16.2. The lowest BCUT2D eigenvalue weighted by Gasteiger charge is -2.20. The van der Waals surface area contributed by atoms with Crippen LogP contribution in [0.5, 0.6) is 5.75 Å². The fraction of sp³-hybridized carbons (Fsp3) is 0.310. The van der Waals surface area contributed by atoms with Gasteiger partial charge in [0.25, 0.3) is 5.91 Å². The number of rotatable bonds is 4. The third-order valence-electron chi connectivity index (χ3n) is 6.92. The molecule has 2 aromatic carbocycles. The Balaban J connectivity index is 1.65. The second-order valence-electron chi connectivity index (χ2n) is 10.0. The van der Waals surface area contributed by atoms with E-state index in [9.17, 15) is 22.5 Å². The monoisotopic (exact) mass is 679 g/mol. The maximum absolute atomic E-state index is 14.1. The average Bonchev–Trinajstić information content (AvgIpc) is 3.48. The zero-order chi connectivity index (χ0) is 33.1. The lowest BCUT2D eigenvalue weighted by atomic mass is 10.0. The second-order valence-corrected chi connectivity index (χ2v) is 12.5. The molecule has 12 nitrogen and oxygen atoms in total. The Hall–Kier alpha value is -4.17. The van der Waals surface area contributed by atoms with E-state index < -0.39 is 31.1 Å². The number of aromatic nitrogens is 4. The molecule has 3 N–H and O–H groups in total. The van der Waals surface area contributed by atoms with Gasteiger partial charge in [0.2, 0.25) is 5.95 Å².